The van der Waals surface area contributed by atoms with Gasteiger partial charge in [-0.15, -0.1) is 0 Å². The van der Waals surface area contributed by atoms with Gasteiger partial charge in [-0.3, -0.25) is 4.79 Å². The fraction of sp³-hybridized carbons (Fsp3) is 0.500. The lowest BCUT2D eigenvalue weighted by Gasteiger charge is -2.08. The Hall–Kier alpha value is -1.35. The molecule has 1 aromatic rings. The van der Waals surface area contributed by atoms with Gasteiger partial charge in [-0.25, -0.2) is 0 Å². The molecular formula is C14H22N2O. The van der Waals surface area contributed by atoms with E-state index in [1.807, 2.05) is 39.0 Å². The Balaban J connectivity index is 2.44. The largest absolute Gasteiger partial charge is 0.352 e. The van der Waals surface area contributed by atoms with Gasteiger partial charge in [0, 0.05) is 18.2 Å². The van der Waals surface area contributed by atoms with Crippen LogP contribution >= 0.6 is 0 Å². The fourth-order valence-electron chi connectivity index (χ4n) is 1.61. The fourth-order valence-corrected chi connectivity index (χ4v) is 1.61. The summed E-state index contributed by atoms with van der Waals surface area (Å²) in [6.45, 7) is 6.72. The molecule has 1 atom stereocenters. The van der Waals surface area contributed by atoms with Gasteiger partial charge in [-0.2, -0.15) is 0 Å². The van der Waals surface area contributed by atoms with Gasteiger partial charge >= 0.3 is 0 Å². The van der Waals surface area contributed by atoms with Gasteiger partial charge in [0.25, 0.3) is 5.91 Å². The molecule has 1 amide bonds. The number of nitrogens with two attached hydrogens (primary N) is 1. The molecule has 94 valence electrons. The minimum absolute atomic E-state index is 0.00206. The van der Waals surface area contributed by atoms with Gasteiger partial charge in [-0.1, -0.05) is 6.07 Å². The van der Waals surface area contributed by atoms with Crippen LogP contribution < -0.4 is 11.1 Å². The summed E-state index contributed by atoms with van der Waals surface area (Å²) < 4.78 is 0. The molecular weight excluding hydrogens is 212 g/mol. The first-order valence-corrected chi connectivity index (χ1v) is 6.11. The lowest BCUT2D eigenvalue weighted by atomic mass is 10.1. The van der Waals surface area contributed by atoms with E-state index in [1.165, 1.54) is 5.56 Å². The highest BCUT2D eigenvalue weighted by Gasteiger charge is 2.05. The summed E-state index contributed by atoms with van der Waals surface area (Å²) in [7, 11) is 0. The van der Waals surface area contributed by atoms with Crippen LogP contribution in [-0.2, 0) is 0 Å². The number of benzene rings is 1. The minimum atomic E-state index is -0.00206. The average molecular weight is 234 g/mol. The molecule has 0 radical (unpaired) electrons. The summed E-state index contributed by atoms with van der Waals surface area (Å²) in [6, 6.07) is 5.97. The van der Waals surface area contributed by atoms with E-state index in [1.54, 1.807) is 0 Å². The normalized spacial score (nSPS) is 12.2. The van der Waals surface area contributed by atoms with Gasteiger partial charge in [0.15, 0.2) is 0 Å². The molecule has 0 fully saturated rings. The van der Waals surface area contributed by atoms with Crippen molar-refractivity contribution in [1.82, 2.24) is 5.32 Å². The van der Waals surface area contributed by atoms with Gasteiger partial charge < -0.3 is 11.1 Å². The van der Waals surface area contributed by atoms with Gasteiger partial charge in [0.05, 0.1) is 0 Å². The Morgan fingerprint density at radius 3 is 2.65 bits per heavy atom. The predicted octanol–water partition coefficient (Wildman–Crippen LogP) is 2.16. The SMILES string of the molecule is Cc1ccc(C(=O)NCCCC(C)N)cc1C. The van der Waals surface area contributed by atoms with Gasteiger partial charge in [0.2, 0.25) is 0 Å². The Morgan fingerprint density at radius 2 is 2.06 bits per heavy atom. The summed E-state index contributed by atoms with van der Waals surface area (Å²) in [6.07, 6.45) is 1.86. The van der Waals surface area contributed by atoms with E-state index in [-0.39, 0.29) is 11.9 Å². The van der Waals surface area contributed by atoms with Crippen LogP contribution in [0, 0.1) is 13.8 Å². The molecule has 3 heteroatoms. The van der Waals surface area contributed by atoms with Crippen molar-refractivity contribution in [2.75, 3.05) is 6.54 Å². The summed E-state index contributed by atoms with van der Waals surface area (Å²) in [5, 5.41) is 2.91. The van der Waals surface area contributed by atoms with Gasteiger partial charge in [-0.05, 0) is 56.9 Å². The van der Waals surface area contributed by atoms with Crippen molar-refractivity contribution in [1.29, 1.82) is 0 Å². The van der Waals surface area contributed by atoms with Crippen LogP contribution in [0.5, 0.6) is 0 Å². The van der Waals surface area contributed by atoms with E-state index in [2.05, 4.69) is 5.32 Å². The quantitative estimate of drug-likeness (QED) is 0.767. The number of carbonyl (C=O) groups excluding carboxylic acids is 1. The molecule has 0 aliphatic carbocycles. The van der Waals surface area contributed by atoms with Crippen LogP contribution in [0.4, 0.5) is 0 Å². The summed E-state index contributed by atoms with van der Waals surface area (Å²) in [4.78, 5) is 11.8. The second-order valence-corrected chi connectivity index (χ2v) is 4.67. The Labute approximate surface area is 103 Å². The lowest BCUT2D eigenvalue weighted by molar-refractivity contribution is 0.0952. The van der Waals surface area contributed by atoms with E-state index in [4.69, 9.17) is 5.73 Å². The molecule has 1 aromatic carbocycles. The standard InChI is InChI=1S/C14H22N2O/c1-10-6-7-13(9-11(10)2)14(17)16-8-4-5-12(3)15/h6-7,9,12H,4-5,8,15H2,1-3H3,(H,16,17). The summed E-state index contributed by atoms with van der Waals surface area (Å²) in [5.74, 6) is -0.00206. The summed E-state index contributed by atoms with van der Waals surface area (Å²) in [5.41, 5.74) is 8.73. The van der Waals surface area contributed by atoms with E-state index in [0.29, 0.717) is 6.54 Å². The molecule has 0 spiro atoms. The Morgan fingerprint density at radius 1 is 1.35 bits per heavy atom. The van der Waals surface area contributed by atoms with Crippen molar-refractivity contribution in [3.05, 3.63) is 34.9 Å². The lowest BCUT2D eigenvalue weighted by Crippen LogP contribution is -2.26. The highest BCUT2D eigenvalue weighted by Crippen LogP contribution is 2.09. The number of carbonyl (C=O) groups is 1. The smallest absolute Gasteiger partial charge is 0.251 e. The van der Waals surface area contributed by atoms with Crippen molar-refractivity contribution >= 4 is 5.91 Å². The van der Waals surface area contributed by atoms with Crippen LogP contribution in [-0.4, -0.2) is 18.5 Å². The summed E-state index contributed by atoms with van der Waals surface area (Å²) >= 11 is 0. The third-order valence-corrected chi connectivity index (χ3v) is 2.89. The number of rotatable bonds is 5. The van der Waals surface area contributed by atoms with Crippen LogP contribution in [0.15, 0.2) is 18.2 Å². The maximum Gasteiger partial charge on any atom is 0.251 e. The van der Waals surface area contributed by atoms with E-state index < -0.39 is 0 Å². The zero-order valence-electron chi connectivity index (χ0n) is 10.9. The van der Waals surface area contributed by atoms with Gasteiger partial charge in [0.1, 0.15) is 0 Å². The van der Waals surface area contributed by atoms with Crippen LogP contribution in [0.2, 0.25) is 0 Å². The molecule has 0 bridgehead atoms. The second kappa shape index (κ2) is 6.40. The molecule has 1 unspecified atom stereocenters. The third-order valence-electron chi connectivity index (χ3n) is 2.89. The van der Waals surface area contributed by atoms with Crippen LogP contribution in [0.1, 0.15) is 41.3 Å². The molecule has 17 heavy (non-hydrogen) atoms. The van der Waals surface area contributed by atoms with E-state index in [9.17, 15) is 4.79 Å². The maximum atomic E-state index is 11.8. The molecule has 0 aliphatic heterocycles. The van der Waals surface area contributed by atoms with E-state index >= 15 is 0 Å². The zero-order valence-corrected chi connectivity index (χ0v) is 10.9. The van der Waals surface area contributed by atoms with Crippen molar-refractivity contribution in [3.8, 4) is 0 Å². The molecule has 0 saturated heterocycles. The first-order valence-electron chi connectivity index (χ1n) is 6.11. The molecule has 0 aliphatic rings. The third kappa shape index (κ3) is 4.57. The first kappa shape index (κ1) is 13.7. The van der Waals surface area contributed by atoms with Crippen molar-refractivity contribution < 1.29 is 4.79 Å². The monoisotopic (exact) mass is 234 g/mol. The second-order valence-electron chi connectivity index (χ2n) is 4.67. The Kier molecular flexibility index (Phi) is 5.16. The highest BCUT2D eigenvalue weighted by atomic mass is 16.1. The molecule has 0 aromatic heterocycles. The minimum Gasteiger partial charge on any atom is -0.352 e. The average Bonchev–Trinajstić information content (AvgIpc) is 2.27. The molecule has 0 saturated carbocycles. The molecule has 3 nitrogen and oxygen atoms in total. The topological polar surface area (TPSA) is 55.1 Å². The maximum absolute atomic E-state index is 11.8. The van der Waals surface area contributed by atoms with Crippen LogP contribution in [0.25, 0.3) is 0 Å². The van der Waals surface area contributed by atoms with Crippen molar-refractivity contribution in [2.45, 2.75) is 39.7 Å². The first-order chi connectivity index (χ1) is 8.00. The number of amides is 1. The molecule has 1 rings (SSSR count). The number of hydrogen-bond acceptors (Lipinski definition) is 2. The Bertz CT molecular complexity index is 386. The highest BCUT2D eigenvalue weighted by molar-refractivity contribution is 5.94. The predicted molar refractivity (Wildman–Crippen MR) is 71.1 cm³/mol. The van der Waals surface area contributed by atoms with Crippen LogP contribution in [0.3, 0.4) is 0 Å². The zero-order chi connectivity index (χ0) is 12.8. The van der Waals surface area contributed by atoms with E-state index in [0.717, 1.165) is 24.0 Å². The molecule has 3 N–H and O–H groups in total. The number of hydrogen-bond donors (Lipinski definition) is 2. The van der Waals surface area contributed by atoms with Crippen molar-refractivity contribution in [3.63, 3.8) is 0 Å². The number of nitrogens with one attached hydrogen (secondary N) is 1. The van der Waals surface area contributed by atoms with Crippen molar-refractivity contribution in [2.24, 2.45) is 5.73 Å². The number of aryl methyl sites for hydroxylation is 2. The molecule has 0 heterocycles.